The van der Waals surface area contributed by atoms with Crippen molar-refractivity contribution in [1.82, 2.24) is 5.32 Å². The van der Waals surface area contributed by atoms with Crippen LogP contribution in [0.5, 0.6) is 0 Å². The van der Waals surface area contributed by atoms with Gasteiger partial charge in [0.25, 0.3) is 0 Å². The summed E-state index contributed by atoms with van der Waals surface area (Å²) in [6.07, 6.45) is 0.669. The number of aliphatic carboxylic acids is 1. The van der Waals surface area contributed by atoms with E-state index in [0.717, 1.165) is 5.56 Å². The van der Waals surface area contributed by atoms with Crippen LogP contribution in [-0.4, -0.2) is 28.8 Å². The molecule has 1 aromatic rings. The maximum atomic E-state index is 10.5. The maximum Gasteiger partial charge on any atom is 0.303 e. The van der Waals surface area contributed by atoms with Crippen molar-refractivity contribution in [2.45, 2.75) is 38.3 Å². The quantitative estimate of drug-likeness (QED) is 0.690. The lowest BCUT2D eigenvalue weighted by atomic mass is 9.91. The van der Waals surface area contributed by atoms with Crippen molar-refractivity contribution in [2.24, 2.45) is 0 Å². The minimum Gasteiger partial charge on any atom is -0.481 e. The first-order chi connectivity index (χ1) is 8.48. The molecule has 1 rings (SSSR count). The molecule has 0 aromatic heterocycles. The van der Waals surface area contributed by atoms with Crippen molar-refractivity contribution in [3.8, 4) is 0 Å². The van der Waals surface area contributed by atoms with Gasteiger partial charge < -0.3 is 15.5 Å². The van der Waals surface area contributed by atoms with Crippen LogP contribution in [0.1, 0.15) is 32.3 Å². The van der Waals surface area contributed by atoms with Crippen LogP contribution in [0.2, 0.25) is 0 Å². The second-order valence-corrected chi connectivity index (χ2v) is 4.83. The third kappa shape index (κ3) is 4.13. The second-order valence-electron chi connectivity index (χ2n) is 4.83. The summed E-state index contributed by atoms with van der Waals surface area (Å²) < 4.78 is 0. The monoisotopic (exact) mass is 251 g/mol. The predicted molar refractivity (Wildman–Crippen MR) is 70.3 cm³/mol. The lowest BCUT2D eigenvalue weighted by Crippen LogP contribution is -2.47. The summed E-state index contributed by atoms with van der Waals surface area (Å²) in [7, 11) is 0. The molecule has 0 aliphatic rings. The molecule has 0 amide bonds. The lowest BCUT2D eigenvalue weighted by molar-refractivity contribution is -0.137. The molecule has 0 radical (unpaired) electrons. The Morgan fingerprint density at radius 1 is 1.39 bits per heavy atom. The first-order valence-corrected chi connectivity index (χ1v) is 6.14. The summed E-state index contributed by atoms with van der Waals surface area (Å²) >= 11 is 0. The van der Waals surface area contributed by atoms with E-state index in [4.69, 9.17) is 5.11 Å². The molecule has 0 spiro atoms. The zero-order chi connectivity index (χ0) is 13.6. The van der Waals surface area contributed by atoms with Gasteiger partial charge in [-0.25, -0.2) is 0 Å². The number of aliphatic hydroxyl groups is 1. The van der Waals surface area contributed by atoms with Gasteiger partial charge in [0.05, 0.1) is 12.1 Å². The number of benzene rings is 1. The Labute approximate surface area is 108 Å². The van der Waals surface area contributed by atoms with E-state index in [2.05, 4.69) is 5.32 Å². The maximum absolute atomic E-state index is 10.5. The number of nitrogens with one attached hydrogen (secondary N) is 1. The SMILES string of the molecule is CC(CCC(=O)O)NC(C)(CO)c1ccccc1. The fourth-order valence-electron chi connectivity index (χ4n) is 1.98. The van der Waals surface area contributed by atoms with E-state index >= 15 is 0 Å². The van der Waals surface area contributed by atoms with E-state index in [1.165, 1.54) is 0 Å². The number of carboxylic acids is 1. The highest BCUT2D eigenvalue weighted by molar-refractivity contribution is 5.66. The highest BCUT2D eigenvalue weighted by atomic mass is 16.4. The highest BCUT2D eigenvalue weighted by Crippen LogP contribution is 2.21. The molecule has 0 aliphatic heterocycles. The molecule has 0 bridgehead atoms. The van der Waals surface area contributed by atoms with Crippen molar-refractivity contribution in [3.05, 3.63) is 35.9 Å². The van der Waals surface area contributed by atoms with Gasteiger partial charge >= 0.3 is 5.97 Å². The van der Waals surface area contributed by atoms with Gasteiger partial charge in [0.1, 0.15) is 0 Å². The zero-order valence-corrected chi connectivity index (χ0v) is 10.9. The molecule has 2 unspecified atom stereocenters. The van der Waals surface area contributed by atoms with Crippen LogP contribution in [0.3, 0.4) is 0 Å². The van der Waals surface area contributed by atoms with Crippen LogP contribution in [0.25, 0.3) is 0 Å². The van der Waals surface area contributed by atoms with Gasteiger partial charge in [-0.1, -0.05) is 30.3 Å². The largest absolute Gasteiger partial charge is 0.481 e. The Morgan fingerprint density at radius 3 is 2.50 bits per heavy atom. The van der Waals surface area contributed by atoms with Crippen molar-refractivity contribution in [3.63, 3.8) is 0 Å². The Bertz CT molecular complexity index is 380. The smallest absolute Gasteiger partial charge is 0.303 e. The van der Waals surface area contributed by atoms with Gasteiger partial charge in [-0.2, -0.15) is 0 Å². The van der Waals surface area contributed by atoms with Gasteiger partial charge in [-0.05, 0) is 25.8 Å². The molecular formula is C14H21NO3. The van der Waals surface area contributed by atoms with Crippen LogP contribution in [0.4, 0.5) is 0 Å². The van der Waals surface area contributed by atoms with E-state index in [0.29, 0.717) is 6.42 Å². The topological polar surface area (TPSA) is 69.6 Å². The van der Waals surface area contributed by atoms with Crippen molar-refractivity contribution >= 4 is 5.97 Å². The zero-order valence-electron chi connectivity index (χ0n) is 10.9. The first-order valence-electron chi connectivity index (χ1n) is 6.14. The van der Waals surface area contributed by atoms with Gasteiger partial charge in [0.2, 0.25) is 0 Å². The van der Waals surface area contributed by atoms with Crippen LogP contribution in [0, 0.1) is 0 Å². The molecular weight excluding hydrogens is 230 g/mol. The molecule has 1 aromatic carbocycles. The number of hydrogen-bond acceptors (Lipinski definition) is 3. The van der Waals surface area contributed by atoms with E-state index < -0.39 is 11.5 Å². The number of hydrogen-bond donors (Lipinski definition) is 3. The number of carboxylic acid groups (broad SMARTS) is 1. The van der Waals surface area contributed by atoms with Crippen LogP contribution in [0.15, 0.2) is 30.3 Å². The molecule has 18 heavy (non-hydrogen) atoms. The van der Waals surface area contributed by atoms with Gasteiger partial charge in [-0.15, -0.1) is 0 Å². The van der Waals surface area contributed by atoms with Crippen molar-refractivity contribution in [1.29, 1.82) is 0 Å². The molecule has 2 atom stereocenters. The van der Waals surface area contributed by atoms with Gasteiger partial charge in [0.15, 0.2) is 0 Å². The minimum absolute atomic E-state index is 0.0263. The van der Waals surface area contributed by atoms with Crippen molar-refractivity contribution < 1.29 is 15.0 Å². The minimum atomic E-state index is -0.797. The van der Waals surface area contributed by atoms with Crippen LogP contribution >= 0.6 is 0 Å². The van der Waals surface area contributed by atoms with E-state index in [9.17, 15) is 9.90 Å². The fourth-order valence-corrected chi connectivity index (χ4v) is 1.98. The normalized spacial score (nSPS) is 15.9. The van der Waals surface area contributed by atoms with E-state index in [1.54, 1.807) is 0 Å². The molecule has 4 nitrogen and oxygen atoms in total. The summed E-state index contributed by atoms with van der Waals surface area (Å²) in [5.41, 5.74) is 0.453. The molecule has 3 N–H and O–H groups in total. The van der Waals surface area contributed by atoms with E-state index in [-0.39, 0.29) is 19.1 Å². The average Bonchev–Trinajstić information content (AvgIpc) is 2.37. The summed E-state index contributed by atoms with van der Waals surface area (Å²) in [5.74, 6) is -0.797. The van der Waals surface area contributed by atoms with Gasteiger partial charge in [-0.3, -0.25) is 4.79 Å². The Morgan fingerprint density at radius 2 is 2.00 bits per heavy atom. The third-order valence-corrected chi connectivity index (χ3v) is 3.08. The number of carbonyl (C=O) groups is 1. The Balaban J connectivity index is 2.68. The summed E-state index contributed by atoms with van der Waals surface area (Å²) in [5, 5.41) is 21.5. The molecule has 0 saturated carbocycles. The molecule has 4 heteroatoms. The lowest BCUT2D eigenvalue weighted by Gasteiger charge is -2.32. The van der Waals surface area contributed by atoms with Crippen molar-refractivity contribution in [2.75, 3.05) is 6.61 Å². The molecule has 0 saturated heterocycles. The second kappa shape index (κ2) is 6.52. The summed E-state index contributed by atoms with van der Waals surface area (Å²) in [6.45, 7) is 3.81. The molecule has 0 aliphatic carbocycles. The average molecular weight is 251 g/mol. The van der Waals surface area contributed by atoms with Gasteiger partial charge in [0, 0.05) is 12.5 Å². The Hall–Kier alpha value is -1.39. The first kappa shape index (κ1) is 14.7. The Kier molecular flexibility index (Phi) is 5.31. The molecule has 0 fully saturated rings. The number of aliphatic hydroxyl groups excluding tert-OH is 1. The summed E-state index contributed by atoms with van der Waals surface area (Å²) in [6, 6.07) is 9.70. The fraction of sp³-hybridized carbons (Fsp3) is 0.500. The molecule has 100 valence electrons. The van der Waals surface area contributed by atoms with Crippen LogP contribution in [-0.2, 0) is 10.3 Å². The third-order valence-electron chi connectivity index (χ3n) is 3.08. The van der Waals surface area contributed by atoms with E-state index in [1.807, 2.05) is 44.2 Å². The number of rotatable bonds is 7. The summed E-state index contributed by atoms with van der Waals surface area (Å²) in [4.78, 5) is 10.5. The predicted octanol–water partition coefficient (Wildman–Crippen LogP) is 1.74. The molecule has 0 heterocycles. The highest BCUT2D eigenvalue weighted by Gasteiger charge is 2.27. The standard InChI is InChI=1S/C14H21NO3/c1-11(8-9-13(17)18)15-14(2,10-16)12-6-4-3-5-7-12/h3-7,11,15-16H,8-10H2,1-2H3,(H,17,18). The van der Waals surface area contributed by atoms with Crippen LogP contribution < -0.4 is 5.32 Å².